The third-order valence-corrected chi connectivity index (χ3v) is 9.14. The molecule has 2 aliphatic heterocycles. The lowest BCUT2D eigenvalue weighted by molar-refractivity contribution is 0.0636. The molecule has 1 saturated heterocycles. The van der Waals surface area contributed by atoms with E-state index in [2.05, 4.69) is 23.3 Å². The van der Waals surface area contributed by atoms with Crippen LogP contribution in [-0.4, -0.2) is 47.8 Å². The fourth-order valence-corrected chi connectivity index (χ4v) is 7.13. The maximum atomic E-state index is 15.2. The summed E-state index contributed by atoms with van der Waals surface area (Å²) in [5.41, 5.74) is 2.92. The standard InChI is InChI=1S/C31H30ClFN4O4S/c1-31(2,3)41-30(38)36-29-19(12-34)25-18(7-9-22(33)28(25)42-29)24-21-15-39-14-20(21)17-8-10-23(35-27(17)26(24)32)40-13-16-6-5-11-37(16)4/h7-10,16H,5-6,11,13-15H2,1-4H3,(H,36,38)/t16-/m0/s1. The number of benzene rings is 2. The molecule has 0 aliphatic carbocycles. The number of nitriles is 1. The highest BCUT2D eigenvalue weighted by Crippen LogP contribution is 2.48. The van der Waals surface area contributed by atoms with Crippen LogP contribution >= 0.6 is 22.9 Å². The molecule has 1 fully saturated rings. The Kier molecular flexibility index (Phi) is 7.48. The number of anilines is 1. The fraction of sp³-hybridized carbons (Fsp3) is 0.387. The predicted molar refractivity (Wildman–Crippen MR) is 162 cm³/mol. The average Bonchev–Trinajstić information content (AvgIpc) is 3.66. The number of halogens is 2. The zero-order valence-corrected chi connectivity index (χ0v) is 25.3. The van der Waals surface area contributed by atoms with Crippen molar-refractivity contribution < 1.29 is 23.4 Å². The number of likely N-dealkylation sites (tertiary alicyclic amines) is 1. The number of ether oxygens (including phenoxy) is 3. The van der Waals surface area contributed by atoms with Gasteiger partial charge in [-0.1, -0.05) is 17.7 Å². The Morgan fingerprint density at radius 2 is 2.07 bits per heavy atom. The minimum atomic E-state index is -0.744. The van der Waals surface area contributed by atoms with Crippen molar-refractivity contribution in [1.82, 2.24) is 9.88 Å². The van der Waals surface area contributed by atoms with Gasteiger partial charge in [-0.3, -0.25) is 5.32 Å². The summed E-state index contributed by atoms with van der Waals surface area (Å²) >= 11 is 8.12. The Morgan fingerprint density at radius 1 is 1.29 bits per heavy atom. The highest BCUT2D eigenvalue weighted by molar-refractivity contribution is 7.23. The third kappa shape index (κ3) is 5.15. The minimum Gasteiger partial charge on any atom is -0.476 e. The number of carbonyl (C=O) groups excluding carboxylic acids is 1. The van der Waals surface area contributed by atoms with Crippen molar-refractivity contribution in [2.75, 3.05) is 25.5 Å². The Labute approximate surface area is 251 Å². The van der Waals surface area contributed by atoms with Crippen LogP contribution in [0.1, 0.15) is 50.3 Å². The molecule has 4 heterocycles. The van der Waals surface area contributed by atoms with Crippen LogP contribution < -0.4 is 10.1 Å². The van der Waals surface area contributed by atoms with E-state index < -0.39 is 17.5 Å². The number of nitrogens with one attached hydrogen (secondary N) is 1. The second-order valence-electron chi connectivity index (χ2n) is 11.6. The number of aromatic nitrogens is 1. The summed E-state index contributed by atoms with van der Waals surface area (Å²) < 4.78 is 32.8. The third-order valence-electron chi connectivity index (χ3n) is 7.66. The molecule has 1 atom stereocenters. The second kappa shape index (κ2) is 11.0. The Morgan fingerprint density at radius 3 is 2.79 bits per heavy atom. The van der Waals surface area contributed by atoms with E-state index >= 15 is 4.39 Å². The van der Waals surface area contributed by atoms with E-state index in [1.807, 2.05) is 12.1 Å². The van der Waals surface area contributed by atoms with Crippen molar-refractivity contribution >= 4 is 55.0 Å². The molecule has 0 unspecified atom stereocenters. The van der Waals surface area contributed by atoms with Crippen LogP contribution in [0.25, 0.3) is 32.1 Å². The van der Waals surface area contributed by atoms with Gasteiger partial charge in [-0.25, -0.2) is 14.2 Å². The van der Waals surface area contributed by atoms with Gasteiger partial charge in [0.2, 0.25) is 5.88 Å². The number of nitrogens with zero attached hydrogens (tertiary/aromatic N) is 3. The van der Waals surface area contributed by atoms with E-state index in [1.54, 1.807) is 26.8 Å². The van der Waals surface area contributed by atoms with Gasteiger partial charge in [-0.05, 0) is 76.0 Å². The number of rotatable bonds is 5. The Balaban J connectivity index is 1.49. The van der Waals surface area contributed by atoms with Crippen molar-refractivity contribution in [3.63, 3.8) is 0 Å². The second-order valence-corrected chi connectivity index (χ2v) is 13.0. The lowest BCUT2D eigenvalue weighted by Crippen LogP contribution is -2.30. The highest BCUT2D eigenvalue weighted by atomic mass is 35.5. The lowest BCUT2D eigenvalue weighted by atomic mass is 9.91. The van der Waals surface area contributed by atoms with E-state index in [-0.39, 0.29) is 15.3 Å². The van der Waals surface area contributed by atoms with Crippen LogP contribution in [0.15, 0.2) is 24.3 Å². The molecule has 11 heteroatoms. The summed E-state index contributed by atoms with van der Waals surface area (Å²) in [5, 5.41) is 14.6. The fourth-order valence-electron chi connectivity index (χ4n) is 5.70. The number of pyridine rings is 1. The molecule has 8 nitrogen and oxygen atoms in total. The molecule has 2 aromatic carbocycles. The average molecular weight is 609 g/mol. The van der Waals surface area contributed by atoms with E-state index in [0.29, 0.717) is 58.8 Å². The van der Waals surface area contributed by atoms with Crippen LogP contribution in [-0.2, 0) is 22.7 Å². The molecule has 1 amide bonds. The van der Waals surface area contributed by atoms with Crippen LogP contribution in [0, 0.1) is 17.1 Å². The van der Waals surface area contributed by atoms with Gasteiger partial charge in [-0.15, -0.1) is 11.3 Å². The van der Waals surface area contributed by atoms with Gasteiger partial charge in [0.25, 0.3) is 0 Å². The van der Waals surface area contributed by atoms with Gasteiger partial charge < -0.3 is 19.1 Å². The van der Waals surface area contributed by atoms with Gasteiger partial charge in [0.15, 0.2) is 0 Å². The van der Waals surface area contributed by atoms with Gasteiger partial charge in [0, 0.05) is 28.4 Å². The summed E-state index contributed by atoms with van der Waals surface area (Å²) in [6, 6.07) is 9.26. The first-order valence-electron chi connectivity index (χ1n) is 13.8. The molecule has 4 aromatic rings. The molecule has 218 valence electrons. The normalized spacial score (nSPS) is 17.0. The lowest BCUT2D eigenvalue weighted by Gasteiger charge is -2.20. The summed E-state index contributed by atoms with van der Waals surface area (Å²) in [7, 11) is 2.10. The number of hydrogen-bond acceptors (Lipinski definition) is 8. The molecule has 2 aliphatic rings. The van der Waals surface area contributed by atoms with E-state index in [0.717, 1.165) is 47.2 Å². The van der Waals surface area contributed by atoms with Crippen LogP contribution in [0.4, 0.5) is 14.2 Å². The van der Waals surface area contributed by atoms with Gasteiger partial charge in [-0.2, -0.15) is 5.26 Å². The molecule has 0 radical (unpaired) electrons. The van der Waals surface area contributed by atoms with Crippen LogP contribution in [0.5, 0.6) is 5.88 Å². The SMILES string of the molecule is CN1CCC[C@H]1COc1ccc2c3c(c(-c4ccc(F)c5sc(NC(=O)OC(C)(C)C)c(C#N)c45)c(Cl)c2n1)COC3. The Bertz CT molecular complexity index is 1780. The number of carbonyl (C=O) groups is 1. The first kappa shape index (κ1) is 28.6. The molecule has 0 bridgehead atoms. The summed E-state index contributed by atoms with van der Waals surface area (Å²) in [6.45, 7) is 7.47. The minimum absolute atomic E-state index is 0.130. The van der Waals surface area contributed by atoms with E-state index in [1.165, 1.54) is 6.07 Å². The monoisotopic (exact) mass is 608 g/mol. The number of amides is 1. The predicted octanol–water partition coefficient (Wildman–Crippen LogP) is 7.63. The van der Waals surface area contributed by atoms with Gasteiger partial charge in [0.1, 0.15) is 29.1 Å². The molecule has 2 aromatic heterocycles. The molecular formula is C31H30ClFN4O4S. The Hall–Kier alpha value is -3.49. The first-order valence-corrected chi connectivity index (χ1v) is 15.0. The quantitative estimate of drug-likeness (QED) is 0.249. The van der Waals surface area contributed by atoms with Gasteiger partial charge >= 0.3 is 6.09 Å². The smallest absolute Gasteiger partial charge is 0.412 e. The van der Waals surface area contributed by atoms with Crippen molar-refractivity contribution in [2.45, 2.75) is 58.5 Å². The van der Waals surface area contributed by atoms with Gasteiger partial charge in [0.05, 0.1) is 34.0 Å². The summed E-state index contributed by atoms with van der Waals surface area (Å²) in [4.78, 5) is 19.7. The van der Waals surface area contributed by atoms with Crippen molar-refractivity contribution in [2.24, 2.45) is 0 Å². The van der Waals surface area contributed by atoms with Crippen LogP contribution in [0.2, 0.25) is 5.02 Å². The zero-order valence-electron chi connectivity index (χ0n) is 23.8. The van der Waals surface area contributed by atoms with Crippen molar-refractivity contribution in [3.8, 4) is 23.1 Å². The zero-order chi connectivity index (χ0) is 29.8. The topological polar surface area (TPSA) is 96.7 Å². The van der Waals surface area contributed by atoms with Crippen molar-refractivity contribution in [3.05, 3.63) is 51.8 Å². The maximum absolute atomic E-state index is 15.2. The molecular weight excluding hydrogens is 579 g/mol. The van der Waals surface area contributed by atoms with Crippen molar-refractivity contribution in [1.29, 1.82) is 5.26 Å². The number of likely N-dealkylation sites (N-methyl/N-ethyl adjacent to an activating group) is 1. The first-order chi connectivity index (χ1) is 20.1. The summed E-state index contributed by atoms with van der Waals surface area (Å²) in [5.74, 6) is -0.0427. The van der Waals surface area contributed by atoms with E-state index in [4.69, 9.17) is 30.8 Å². The number of hydrogen-bond donors (Lipinski definition) is 1. The maximum Gasteiger partial charge on any atom is 0.412 e. The molecule has 0 saturated carbocycles. The molecule has 42 heavy (non-hydrogen) atoms. The summed E-state index contributed by atoms with van der Waals surface area (Å²) in [6.07, 6.45) is 1.49. The number of fused-ring (bicyclic) bond motifs is 4. The molecule has 0 spiro atoms. The van der Waals surface area contributed by atoms with E-state index in [9.17, 15) is 10.1 Å². The highest BCUT2D eigenvalue weighted by Gasteiger charge is 2.29. The molecule has 1 N–H and O–H groups in total. The largest absolute Gasteiger partial charge is 0.476 e. The van der Waals surface area contributed by atoms with Crippen LogP contribution in [0.3, 0.4) is 0 Å². The number of thiophene rings is 1. The molecule has 6 rings (SSSR count).